The molecule has 0 unspecified atom stereocenters. The molecule has 2 N–H and O–H groups in total. The third kappa shape index (κ3) is 1.53. The Hall–Kier alpha value is -0.390. The maximum absolute atomic E-state index is 11.1. The van der Waals surface area contributed by atoms with Crippen LogP contribution in [0.5, 0.6) is 0 Å². The zero-order valence-electron chi connectivity index (χ0n) is 7.21. The predicted molar refractivity (Wildman–Crippen MR) is 49.9 cm³/mol. The van der Waals surface area contributed by atoms with Crippen LogP contribution in [-0.4, -0.2) is 8.42 Å². The van der Waals surface area contributed by atoms with Crippen molar-refractivity contribution in [1.82, 2.24) is 0 Å². The van der Waals surface area contributed by atoms with Crippen molar-refractivity contribution in [1.29, 1.82) is 0 Å². The lowest BCUT2D eigenvalue weighted by Crippen LogP contribution is -2.13. The molecule has 0 fully saturated rings. The van der Waals surface area contributed by atoms with Gasteiger partial charge in [0.2, 0.25) is 10.0 Å². The van der Waals surface area contributed by atoms with Gasteiger partial charge in [-0.3, -0.25) is 0 Å². The molecule has 0 aliphatic carbocycles. The summed E-state index contributed by atoms with van der Waals surface area (Å²) >= 11 is 1.46. The second kappa shape index (κ2) is 2.83. The first kappa shape index (κ1) is 9.70. The van der Waals surface area contributed by atoms with E-state index in [1.807, 2.05) is 6.92 Å². The van der Waals surface area contributed by atoms with Crippen molar-refractivity contribution in [2.75, 3.05) is 0 Å². The van der Waals surface area contributed by atoms with E-state index in [1.165, 1.54) is 11.3 Å². The van der Waals surface area contributed by atoms with E-state index in [1.54, 1.807) is 13.8 Å². The van der Waals surface area contributed by atoms with Gasteiger partial charge in [0.1, 0.15) is 0 Å². The number of sulfonamides is 1. The van der Waals surface area contributed by atoms with Crippen LogP contribution in [0, 0.1) is 20.8 Å². The summed E-state index contributed by atoms with van der Waals surface area (Å²) in [5.74, 6) is 0. The molecule has 0 aliphatic heterocycles. The molecule has 3 nitrogen and oxygen atoms in total. The molecular formula is C7H11NO2S2. The Morgan fingerprint density at radius 3 is 1.83 bits per heavy atom. The van der Waals surface area contributed by atoms with Gasteiger partial charge in [-0.25, -0.2) is 13.6 Å². The van der Waals surface area contributed by atoms with Gasteiger partial charge in [0, 0.05) is 9.75 Å². The minimum atomic E-state index is -3.53. The van der Waals surface area contributed by atoms with E-state index < -0.39 is 10.0 Å². The molecule has 0 atom stereocenters. The molecule has 12 heavy (non-hydrogen) atoms. The number of aryl methyl sites for hydroxylation is 2. The quantitative estimate of drug-likeness (QED) is 0.751. The predicted octanol–water partition coefficient (Wildman–Crippen LogP) is 1.32. The summed E-state index contributed by atoms with van der Waals surface area (Å²) in [5.41, 5.74) is 0.778. The highest BCUT2D eigenvalue weighted by atomic mass is 32.2. The highest BCUT2D eigenvalue weighted by Gasteiger charge is 2.18. The Balaban J connectivity index is 3.54. The van der Waals surface area contributed by atoms with Crippen molar-refractivity contribution >= 4 is 21.4 Å². The molecule has 1 aromatic rings. The maximum Gasteiger partial charge on any atom is 0.239 e. The molecule has 1 heterocycles. The van der Waals surface area contributed by atoms with Crippen LogP contribution in [0.3, 0.4) is 0 Å². The minimum absolute atomic E-state index is 0.296. The second-order valence-corrected chi connectivity index (χ2v) is 5.64. The van der Waals surface area contributed by atoms with E-state index in [0.29, 0.717) is 4.90 Å². The molecule has 0 aromatic carbocycles. The molecular weight excluding hydrogens is 194 g/mol. The Labute approximate surface area is 76.3 Å². The third-order valence-corrected chi connectivity index (χ3v) is 4.21. The molecule has 1 aromatic heterocycles. The molecule has 0 saturated carbocycles. The number of hydrogen-bond donors (Lipinski definition) is 1. The summed E-state index contributed by atoms with van der Waals surface area (Å²) in [4.78, 5) is 2.08. The van der Waals surface area contributed by atoms with Crippen LogP contribution in [0.15, 0.2) is 4.90 Å². The van der Waals surface area contributed by atoms with Crippen molar-refractivity contribution in [2.45, 2.75) is 25.7 Å². The average Bonchev–Trinajstić information content (AvgIpc) is 2.05. The first-order valence-electron chi connectivity index (χ1n) is 3.43. The summed E-state index contributed by atoms with van der Waals surface area (Å²) in [6, 6.07) is 0. The largest absolute Gasteiger partial charge is 0.239 e. The zero-order valence-corrected chi connectivity index (χ0v) is 8.84. The van der Waals surface area contributed by atoms with Crippen LogP contribution in [0.25, 0.3) is 0 Å². The third-order valence-electron chi connectivity index (χ3n) is 1.78. The fourth-order valence-corrected chi connectivity index (χ4v) is 3.67. The molecule has 1 rings (SSSR count). The summed E-state index contributed by atoms with van der Waals surface area (Å²) in [6.07, 6.45) is 0. The van der Waals surface area contributed by atoms with Crippen LogP contribution in [-0.2, 0) is 10.0 Å². The first-order chi connectivity index (χ1) is 5.34. The lowest BCUT2D eigenvalue weighted by molar-refractivity contribution is 0.597. The monoisotopic (exact) mass is 205 g/mol. The van der Waals surface area contributed by atoms with Crippen molar-refractivity contribution in [2.24, 2.45) is 5.14 Å². The molecule has 0 bridgehead atoms. The molecule has 0 aliphatic rings. The van der Waals surface area contributed by atoms with E-state index >= 15 is 0 Å². The number of thiophene rings is 1. The van der Waals surface area contributed by atoms with Gasteiger partial charge in [-0.15, -0.1) is 11.3 Å². The van der Waals surface area contributed by atoms with Crippen LogP contribution < -0.4 is 5.14 Å². The summed E-state index contributed by atoms with van der Waals surface area (Å²) in [5, 5.41) is 5.05. The van der Waals surface area contributed by atoms with E-state index in [0.717, 1.165) is 15.3 Å². The van der Waals surface area contributed by atoms with Gasteiger partial charge in [0.05, 0.1) is 4.90 Å². The van der Waals surface area contributed by atoms with E-state index in [-0.39, 0.29) is 0 Å². The second-order valence-electron chi connectivity index (χ2n) is 2.71. The normalized spacial score (nSPS) is 12.0. The summed E-state index contributed by atoms with van der Waals surface area (Å²) in [7, 11) is -3.53. The molecule has 0 saturated heterocycles. The van der Waals surface area contributed by atoms with Crippen LogP contribution in [0.4, 0.5) is 0 Å². The van der Waals surface area contributed by atoms with Gasteiger partial charge in [0.15, 0.2) is 0 Å². The van der Waals surface area contributed by atoms with Gasteiger partial charge in [0.25, 0.3) is 0 Å². The fraction of sp³-hybridized carbons (Fsp3) is 0.429. The van der Waals surface area contributed by atoms with Gasteiger partial charge in [-0.05, 0) is 26.3 Å². The molecule has 68 valence electrons. The van der Waals surface area contributed by atoms with Gasteiger partial charge in [-0.1, -0.05) is 0 Å². The fourth-order valence-electron chi connectivity index (χ4n) is 1.19. The van der Waals surface area contributed by atoms with Crippen LogP contribution >= 0.6 is 11.3 Å². The van der Waals surface area contributed by atoms with Crippen LogP contribution in [0.1, 0.15) is 15.3 Å². The van der Waals surface area contributed by atoms with E-state index in [2.05, 4.69) is 0 Å². The lowest BCUT2D eigenvalue weighted by atomic mass is 10.3. The highest BCUT2D eigenvalue weighted by Crippen LogP contribution is 2.29. The standard InChI is InChI=1S/C7H11NO2S2/c1-4-5(2)11-6(3)7(4)12(8,9)10/h1-3H3,(H2,8,9,10). The topological polar surface area (TPSA) is 60.2 Å². The SMILES string of the molecule is Cc1sc(C)c(S(N)(=O)=O)c1C. The lowest BCUT2D eigenvalue weighted by Gasteiger charge is -1.97. The Morgan fingerprint density at radius 2 is 1.67 bits per heavy atom. The first-order valence-corrected chi connectivity index (χ1v) is 5.79. The van der Waals surface area contributed by atoms with Crippen molar-refractivity contribution in [3.8, 4) is 0 Å². The molecule has 5 heteroatoms. The van der Waals surface area contributed by atoms with Crippen molar-refractivity contribution < 1.29 is 8.42 Å². The van der Waals surface area contributed by atoms with Crippen molar-refractivity contribution in [3.05, 3.63) is 15.3 Å². The van der Waals surface area contributed by atoms with Crippen molar-refractivity contribution in [3.63, 3.8) is 0 Å². The average molecular weight is 205 g/mol. The Morgan fingerprint density at radius 1 is 1.17 bits per heavy atom. The highest BCUT2D eigenvalue weighted by molar-refractivity contribution is 7.89. The van der Waals surface area contributed by atoms with Crippen LogP contribution in [0.2, 0.25) is 0 Å². The van der Waals surface area contributed by atoms with Gasteiger partial charge in [-0.2, -0.15) is 0 Å². The minimum Gasteiger partial charge on any atom is -0.225 e. The maximum atomic E-state index is 11.1. The zero-order chi connectivity index (χ0) is 9.52. The number of hydrogen-bond acceptors (Lipinski definition) is 3. The summed E-state index contributed by atoms with van der Waals surface area (Å²) < 4.78 is 22.1. The number of rotatable bonds is 1. The Bertz CT molecular complexity index is 403. The molecule has 0 spiro atoms. The molecule has 0 radical (unpaired) electrons. The van der Waals surface area contributed by atoms with Gasteiger partial charge >= 0.3 is 0 Å². The molecule has 0 amide bonds. The van der Waals surface area contributed by atoms with E-state index in [9.17, 15) is 8.42 Å². The number of primary sulfonamides is 1. The summed E-state index contributed by atoms with van der Waals surface area (Å²) in [6.45, 7) is 5.44. The Kier molecular flexibility index (Phi) is 2.29. The number of nitrogens with two attached hydrogens (primary N) is 1. The smallest absolute Gasteiger partial charge is 0.225 e. The van der Waals surface area contributed by atoms with E-state index in [4.69, 9.17) is 5.14 Å². The van der Waals surface area contributed by atoms with Gasteiger partial charge < -0.3 is 0 Å².